The summed E-state index contributed by atoms with van der Waals surface area (Å²) < 4.78 is 5.25. The van der Waals surface area contributed by atoms with Crippen molar-refractivity contribution in [1.29, 1.82) is 0 Å². The third kappa shape index (κ3) is 4.49. The second-order valence-electron chi connectivity index (χ2n) is 7.01. The molecule has 0 unspecified atom stereocenters. The Hall–Kier alpha value is -3.25. The Morgan fingerprint density at radius 3 is 2.60 bits per heavy atom. The molecule has 6 heteroatoms. The van der Waals surface area contributed by atoms with Gasteiger partial charge in [-0.3, -0.25) is 9.59 Å². The summed E-state index contributed by atoms with van der Waals surface area (Å²) in [7, 11) is 1.59. The number of anilines is 2. The van der Waals surface area contributed by atoms with E-state index in [2.05, 4.69) is 5.32 Å². The average Bonchev–Trinajstić information content (AvgIpc) is 3.18. The molecule has 1 aliphatic rings. The molecule has 1 aliphatic heterocycles. The maximum Gasteiger partial charge on any atom is 0.229 e. The topological polar surface area (TPSA) is 58.6 Å². The zero-order valence-electron chi connectivity index (χ0n) is 16.6. The Morgan fingerprint density at radius 1 is 1.03 bits per heavy atom. The van der Waals surface area contributed by atoms with E-state index in [-0.39, 0.29) is 18.2 Å². The van der Waals surface area contributed by atoms with E-state index in [1.165, 1.54) is 0 Å². The van der Waals surface area contributed by atoms with Crippen molar-refractivity contribution in [2.45, 2.75) is 16.2 Å². The molecule has 1 saturated heterocycles. The number of methoxy groups -OCH3 is 1. The van der Waals surface area contributed by atoms with Crippen LogP contribution in [0, 0.1) is 5.92 Å². The van der Waals surface area contributed by atoms with Crippen LogP contribution < -0.4 is 15.0 Å². The van der Waals surface area contributed by atoms with E-state index in [0.29, 0.717) is 12.3 Å². The first kappa shape index (κ1) is 20.0. The van der Waals surface area contributed by atoms with Gasteiger partial charge in [0.15, 0.2) is 0 Å². The van der Waals surface area contributed by atoms with Crippen molar-refractivity contribution in [1.82, 2.24) is 0 Å². The van der Waals surface area contributed by atoms with E-state index in [4.69, 9.17) is 4.74 Å². The number of nitrogens with one attached hydrogen (secondary N) is 1. The molecule has 0 bridgehead atoms. The number of rotatable bonds is 6. The molecule has 4 rings (SSSR count). The van der Waals surface area contributed by atoms with Crippen LogP contribution >= 0.6 is 11.8 Å². The van der Waals surface area contributed by atoms with E-state index < -0.39 is 5.92 Å². The predicted molar refractivity (Wildman–Crippen MR) is 119 cm³/mol. The highest BCUT2D eigenvalue weighted by Crippen LogP contribution is 2.34. The molecule has 152 valence electrons. The molecule has 0 spiro atoms. The molecule has 3 aromatic carbocycles. The highest BCUT2D eigenvalue weighted by Gasteiger charge is 2.35. The molecule has 1 N–H and O–H groups in total. The number of carbonyl (C=O) groups excluding carboxylic acids is 2. The third-order valence-corrected chi connectivity index (χ3v) is 6.06. The number of nitrogens with zero attached hydrogens (tertiary/aromatic N) is 1. The Bertz CT molecular complexity index is 1060. The highest BCUT2D eigenvalue weighted by atomic mass is 32.2. The number of carbonyl (C=O) groups is 2. The van der Waals surface area contributed by atoms with Gasteiger partial charge in [-0.1, -0.05) is 48.2 Å². The summed E-state index contributed by atoms with van der Waals surface area (Å²) >= 11 is 1.59. The van der Waals surface area contributed by atoms with Crippen LogP contribution in [0.4, 0.5) is 11.4 Å². The normalized spacial score (nSPS) is 15.8. The number of para-hydroxylation sites is 1. The van der Waals surface area contributed by atoms with Crippen LogP contribution in [0.3, 0.4) is 0 Å². The SMILES string of the molecule is COc1cccc(N2C[C@H](C(=O)Nc3ccccc3Sc3ccccc3)CC2=O)c1. The zero-order chi connectivity index (χ0) is 20.9. The largest absolute Gasteiger partial charge is 0.497 e. The lowest BCUT2D eigenvalue weighted by atomic mass is 10.1. The molecule has 0 aromatic heterocycles. The molecular formula is C24H22N2O3S. The lowest BCUT2D eigenvalue weighted by molar-refractivity contribution is -0.122. The monoisotopic (exact) mass is 418 g/mol. The first-order chi connectivity index (χ1) is 14.6. The lowest BCUT2D eigenvalue weighted by Crippen LogP contribution is -2.28. The van der Waals surface area contributed by atoms with Crippen LogP contribution in [0.15, 0.2) is 88.7 Å². The summed E-state index contributed by atoms with van der Waals surface area (Å²) in [4.78, 5) is 29.2. The highest BCUT2D eigenvalue weighted by molar-refractivity contribution is 7.99. The Morgan fingerprint density at radius 2 is 1.80 bits per heavy atom. The number of ether oxygens (including phenoxy) is 1. The maximum absolute atomic E-state index is 12.9. The van der Waals surface area contributed by atoms with Gasteiger partial charge in [0, 0.05) is 34.5 Å². The van der Waals surface area contributed by atoms with E-state index in [0.717, 1.165) is 21.2 Å². The number of benzene rings is 3. The minimum atomic E-state index is -0.404. The molecule has 30 heavy (non-hydrogen) atoms. The Labute approximate surface area is 180 Å². The lowest BCUT2D eigenvalue weighted by Gasteiger charge is -2.18. The van der Waals surface area contributed by atoms with Gasteiger partial charge in [0.1, 0.15) is 5.75 Å². The van der Waals surface area contributed by atoms with E-state index in [1.807, 2.05) is 78.9 Å². The van der Waals surface area contributed by atoms with Crippen LogP contribution in [0.25, 0.3) is 0 Å². The van der Waals surface area contributed by atoms with Gasteiger partial charge in [-0.05, 0) is 36.4 Å². The summed E-state index contributed by atoms with van der Waals surface area (Å²) in [6.45, 7) is 0.353. The Balaban J connectivity index is 1.47. The average molecular weight is 419 g/mol. The molecule has 3 aromatic rings. The van der Waals surface area contributed by atoms with Gasteiger partial charge in [-0.25, -0.2) is 0 Å². The van der Waals surface area contributed by atoms with Crippen molar-refractivity contribution in [3.8, 4) is 5.75 Å². The van der Waals surface area contributed by atoms with Crippen molar-refractivity contribution in [3.63, 3.8) is 0 Å². The first-order valence-corrected chi connectivity index (χ1v) is 10.5. The van der Waals surface area contributed by atoms with Gasteiger partial charge < -0.3 is 15.0 Å². The van der Waals surface area contributed by atoms with Gasteiger partial charge in [0.25, 0.3) is 0 Å². The van der Waals surface area contributed by atoms with E-state index >= 15 is 0 Å². The zero-order valence-corrected chi connectivity index (χ0v) is 17.4. The van der Waals surface area contributed by atoms with Crippen LogP contribution in [0.2, 0.25) is 0 Å². The smallest absolute Gasteiger partial charge is 0.229 e. The Kier molecular flexibility index (Phi) is 6.05. The van der Waals surface area contributed by atoms with Crippen molar-refractivity contribution in [3.05, 3.63) is 78.9 Å². The summed E-state index contributed by atoms with van der Waals surface area (Å²) in [5, 5.41) is 3.02. The summed E-state index contributed by atoms with van der Waals surface area (Å²) in [6.07, 6.45) is 0.192. The van der Waals surface area contributed by atoms with Crippen molar-refractivity contribution in [2.75, 3.05) is 23.9 Å². The first-order valence-electron chi connectivity index (χ1n) is 9.71. The molecule has 1 heterocycles. The molecule has 0 radical (unpaired) electrons. The number of hydrogen-bond acceptors (Lipinski definition) is 4. The van der Waals surface area contributed by atoms with Crippen LogP contribution in [0.1, 0.15) is 6.42 Å². The summed E-state index contributed by atoms with van der Waals surface area (Å²) in [6, 6.07) is 25.1. The fourth-order valence-corrected chi connectivity index (χ4v) is 4.34. The van der Waals surface area contributed by atoms with Gasteiger partial charge in [0.05, 0.1) is 18.7 Å². The van der Waals surface area contributed by atoms with Gasteiger partial charge in [-0.15, -0.1) is 0 Å². The number of hydrogen-bond donors (Lipinski definition) is 1. The number of amides is 2. The molecule has 1 atom stereocenters. The van der Waals surface area contributed by atoms with E-state index in [1.54, 1.807) is 23.8 Å². The summed E-state index contributed by atoms with van der Waals surface area (Å²) in [5.41, 5.74) is 1.50. The van der Waals surface area contributed by atoms with Gasteiger partial charge in [0.2, 0.25) is 11.8 Å². The van der Waals surface area contributed by atoms with Crippen molar-refractivity contribution >= 4 is 35.0 Å². The van der Waals surface area contributed by atoms with Crippen molar-refractivity contribution in [2.24, 2.45) is 5.92 Å². The summed E-state index contributed by atoms with van der Waals surface area (Å²) in [5.74, 6) is 0.0729. The predicted octanol–water partition coefficient (Wildman–Crippen LogP) is 4.84. The second-order valence-corrected chi connectivity index (χ2v) is 8.12. The minimum absolute atomic E-state index is 0.0599. The minimum Gasteiger partial charge on any atom is -0.497 e. The van der Waals surface area contributed by atoms with E-state index in [9.17, 15) is 9.59 Å². The maximum atomic E-state index is 12.9. The third-order valence-electron chi connectivity index (χ3n) is 4.98. The van der Waals surface area contributed by atoms with Gasteiger partial charge >= 0.3 is 0 Å². The molecular weight excluding hydrogens is 396 g/mol. The quantitative estimate of drug-likeness (QED) is 0.622. The van der Waals surface area contributed by atoms with Crippen molar-refractivity contribution < 1.29 is 14.3 Å². The fraction of sp³-hybridized carbons (Fsp3) is 0.167. The molecule has 2 amide bonds. The second kappa shape index (κ2) is 9.05. The van der Waals surface area contributed by atoms with Gasteiger partial charge in [-0.2, -0.15) is 0 Å². The molecule has 0 aliphatic carbocycles. The fourth-order valence-electron chi connectivity index (χ4n) is 3.42. The standard InChI is InChI=1S/C24H22N2O3S/c1-29-19-9-7-8-18(15-19)26-16-17(14-23(26)27)24(28)25-21-12-5-6-13-22(21)30-20-10-3-2-4-11-20/h2-13,15,17H,14,16H2,1H3,(H,25,28)/t17-/m1/s1. The van der Waals surface area contributed by atoms with Crippen LogP contribution in [-0.4, -0.2) is 25.5 Å². The molecule has 5 nitrogen and oxygen atoms in total. The molecule has 0 saturated carbocycles. The molecule has 1 fully saturated rings. The van der Waals surface area contributed by atoms with Crippen LogP contribution in [-0.2, 0) is 9.59 Å². The van der Waals surface area contributed by atoms with Crippen LogP contribution in [0.5, 0.6) is 5.75 Å².